The van der Waals surface area contributed by atoms with Crippen molar-refractivity contribution < 1.29 is 4.92 Å². The molecule has 0 heterocycles. The molecule has 1 aliphatic carbocycles. The van der Waals surface area contributed by atoms with Crippen LogP contribution in [0, 0.1) is 27.4 Å². The van der Waals surface area contributed by atoms with Crippen molar-refractivity contribution in [3.8, 4) is 6.07 Å². The Morgan fingerprint density at radius 2 is 2.24 bits per heavy atom. The number of nitrogens with zero attached hydrogens (tertiary/aromatic N) is 2. The van der Waals surface area contributed by atoms with Gasteiger partial charge in [-0.1, -0.05) is 19.1 Å². The van der Waals surface area contributed by atoms with Crippen LogP contribution in [0.15, 0.2) is 29.2 Å². The lowest BCUT2D eigenvalue weighted by Gasteiger charge is -2.27. The Balaban J connectivity index is 2.12. The van der Waals surface area contributed by atoms with Gasteiger partial charge >= 0.3 is 0 Å². The van der Waals surface area contributed by atoms with Crippen molar-refractivity contribution in [2.45, 2.75) is 36.6 Å². The van der Waals surface area contributed by atoms with Gasteiger partial charge in [0.15, 0.2) is 0 Å². The van der Waals surface area contributed by atoms with E-state index in [9.17, 15) is 15.4 Å². The van der Waals surface area contributed by atoms with E-state index in [2.05, 4.69) is 18.3 Å². The Morgan fingerprint density at radius 3 is 2.81 bits per heavy atom. The maximum Gasteiger partial charge on any atom is 0.282 e. The number of benzene rings is 1. The summed E-state index contributed by atoms with van der Waals surface area (Å²) in [6.45, 7) is 2.86. The standard InChI is InChI=1S/C15H19N3O2S/c1-2-9-17-15(10-16,12-7-8-12)11-21-14-6-4-3-5-13(14)18(19)20/h3-6,12,17H,2,7-9,11H2,1H3. The lowest BCUT2D eigenvalue weighted by molar-refractivity contribution is -0.387. The highest BCUT2D eigenvalue weighted by Crippen LogP contribution is 2.43. The molecule has 0 saturated heterocycles. The Bertz CT molecular complexity index is 554. The Kier molecular flexibility index (Phi) is 5.21. The molecule has 1 unspecified atom stereocenters. The van der Waals surface area contributed by atoms with Gasteiger partial charge in [-0.05, 0) is 37.8 Å². The van der Waals surface area contributed by atoms with Crippen LogP contribution in [0.4, 0.5) is 5.69 Å². The predicted molar refractivity (Wildman–Crippen MR) is 83.2 cm³/mol. The van der Waals surface area contributed by atoms with Crippen molar-refractivity contribution in [1.82, 2.24) is 5.32 Å². The van der Waals surface area contributed by atoms with E-state index in [4.69, 9.17) is 0 Å². The Labute approximate surface area is 128 Å². The Morgan fingerprint density at radius 1 is 1.52 bits per heavy atom. The van der Waals surface area contributed by atoms with Crippen LogP contribution in [-0.4, -0.2) is 22.8 Å². The zero-order chi connectivity index (χ0) is 15.3. The molecule has 0 aliphatic heterocycles. The predicted octanol–water partition coefficient (Wildman–Crippen LogP) is 3.36. The summed E-state index contributed by atoms with van der Waals surface area (Å²) in [6.07, 6.45) is 3.08. The van der Waals surface area contributed by atoms with Crippen LogP contribution in [0.3, 0.4) is 0 Å². The average Bonchev–Trinajstić information content (AvgIpc) is 3.33. The highest BCUT2D eigenvalue weighted by molar-refractivity contribution is 7.99. The fourth-order valence-corrected chi connectivity index (χ4v) is 3.57. The monoisotopic (exact) mass is 305 g/mol. The number of thioether (sulfide) groups is 1. The Hall–Kier alpha value is -1.58. The molecule has 5 nitrogen and oxygen atoms in total. The number of nitro benzene ring substituents is 1. The molecule has 1 N–H and O–H groups in total. The summed E-state index contributed by atoms with van der Waals surface area (Å²) in [4.78, 5) is 11.3. The van der Waals surface area contributed by atoms with E-state index < -0.39 is 5.54 Å². The summed E-state index contributed by atoms with van der Waals surface area (Å²) in [5, 5.41) is 24.0. The molecule has 2 rings (SSSR count). The van der Waals surface area contributed by atoms with Gasteiger partial charge in [-0.25, -0.2) is 0 Å². The van der Waals surface area contributed by atoms with Crippen LogP contribution in [0.25, 0.3) is 0 Å². The minimum atomic E-state index is -0.565. The quantitative estimate of drug-likeness (QED) is 0.452. The van der Waals surface area contributed by atoms with Crippen LogP contribution in [0.1, 0.15) is 26.2 Å². The third-order valence-electron chi connectivity index (χ3n) is 3.68. The number of nitriles is 1. The number of rotatable bonds is 8. The molecule has 1 fully saturated rings. The topological polar surface area (TPSA) is 79.0 Å². The molecule has 0 bridgehead atoms. The number of nitrogens with one attached hydrogen (secondary N) is 1. The van der Waals surface area contributed by atoms with Gasteiger partial charge in [0.05, 0.1) is 15.9 Å². The van der Waals surface area contributed by atoms with Gasteiger partial charge < -0.3 is 0 Å². The molecule has 1 atom stereocenters. The maximum atomic E-state index is 11.0. The highest BCUT2D eigenvalue weighted by Gasteiger charge is 2.45. The first-order chi connectivity index (χ1) is 10.1. The molecular weight excluding hydrogens is 286 g/mol. The first-order valence-electron chi connectivity index (χ1n) is 7.15. The number of nitro groups is 1. The van der Waals surface area contributed by atoms with Gasteiger partial charge in [-0.3, -0.25) is 15.4 Å². The van der Waals surface area contributed by atoms with Gasteiger partial charge in [0.2, 0.25) is 0 Å². The van der Waals surface area contributed by atoms with Gasteiger partial charge in [-0.15, -0.1) is 11.8 Å². The van der Waals surface area contributed by atoms with Gasteiger partial charge in [-0.2, -0.15) is 5.26 Å². The van der Waals surface area contributed by atoms with E-state index in [0.717, 1.165) is 25.8 Å². The van der Waals surface area contributed by atoms with Gasteiger partial charge in [0.25, 0.3) is 5.69 Å². The van der Waals surface area contributed by atoms with Crippen LogP contribution in [0.5, 0.6) is 0 Å². The minimum absolute atomic E-state index is 0.112. The smallest absolute Gasteiger partial charge is 0.282 e. The van der Waals surface area contributed by atoms with Crippen molar-refractivity contribution in [2.24, 2.45) is 5.92 Å². The summed E-state index contributed by atoms with van der Waals surface area (Å²) >= 11 is 1.40. The van der Waals surface area contributed by atoms with E-state index in [-0.39, 0.29) is 10.6 Å². The first-order valence-corrected chi connectivity index (χ1v) is 8.14. The lowest BCUT2D eigenvalue weighted by atomic mass is 9.97. The molecule has 6 heteroatoms. The van der Waals surface area contributed by atoms with Crippen LogP contribution in [0.2, 0.25) is 0 Å². The third-order valence-corrected chi connectivity index (χ3v) is 4.94. The normalized spacial score (nSPS) is 17.0. The molecule has 0 amide bonds. The number of hydrogen-bond donors (Lipinski definition) is 1. The summed E-state index contributed by atoms with van der Waals surface area (Å²) in [5.41, 5.74) is -0.453. The molecule has 0 radical (unpaired) electrons. The molecule has 0 aromatic heterocycles. The molecule has 0 spiro atoms. The molecular formula is C15H19N3O2S. The third kappa shape index (κ3) is 3.74. The molecule has 1 saturated carbocycles. The van der Waals surface area contributed by atoms with E-state index in [1.807, 2.05) is 0 Å². The van der Waals surface area contributed by atoms with Crippen molar-refractivity contribution in [1.29, 1.82) is 5.26 Å². The molecule has 1 aromatic rings. The number of hydrogen-bond acceptors (Lipinski definition) is 5. The minimum Gasteiger partial charge on any atom is -0.298 e. The first kappa shape index (κ1) is 15.8. The van der Waals surface area contributed by atoms with Gasteiger partial charge in [0.1, 0.15) is 5.54 Å². The lowest BCUT2D eigenvalue weighted by Crippen LogP contribution is -2.48. The maximum absolute atomic E-state index is 11.0. The molecule has 1 aromatic carbocycles. The zero-order valence-corrected chi connectivity index (χ0v) is 12.9. The summed E-state index contributed by atoms with van der Waals surface area (Å²) in [7, 11) is 0. The van der Waals surface area contributed by atoms with Crippen LogP contribution in [-0.2, 0) is 0 Å². The van der Waals surface area contributed by atoms with E-state index in [1.165, 1.54) is 17.8 Å². The second-order valence-corrected chi connectivity index (χ2v) is 6.31. The van der Waals surface area contributed by atoms with Crippen molar-refractivity contribution in [3.05, 3.63) is 34.4 Å². The van der Waals surface area contributed by atoms with Crippen LogP contribution < -0.4 is 5.32 Å². The van der Waals surface area contributed by atoms with Crippen LogP contribution >= 0.6 is 11.8 Å². The van der Waals surface area contributed by atoms with Gasteiger partial charge in [0, 0.05) is 11.8 Å². The molecule has 112 valence electrons. The second-order valence-electron chi connectivity index (χ2n) is 5.30. The van der Waals surface area contributed by atoms with E-state index in [0.29, 0.717) is 16.6 Å². The van der Waals surface area contributed by atoms with E-state index in [1.54, 1.807) is 18.2 Å². The largest absolute Gasteiger partial charge is 0.298 e. The van der Waals surface area contributed by atoms with E-state index >= 15 is 0 Å². The molecule has 21 heavy (non-hydrogen) atoms. The second kappa shape index (κ2) is 6.92. The summed E-state index contributed by atoms with van der Waals surface area (Å²) < 4.78 is 0. The summed E-state index contributed by atoms with van der Waals surface area (Å²) in [6, 6.07) is 9.14. The van der Waals surface area contributed by atoms with Crippen molar-refractivity contribution >= 4 is 17.4 Å². The number of para-hydroxylation sites is 1. The van der Waals surface area contributed by atoms with Crippen molar-refractivity contribution in [2.75, 3.05) is 12.3 Å². The fraction of sp³-hybridized carbons (Fsp3) is 0.533. The fourth-order valence-electron chi connectivity index (χ4n) is 2.32. The molecule has 1 aliphatic rings. The SMILES string of the molecule is CCCNC(C#N)(CSc1ccccc1[N+](=O)[O-])C1CC1. The summed E-state index contributed by atoms with van der Waals surface area (Å²) in [5.74, 6) is 0.906. The highest BCUT2D eigenvalue weighted by atomic mass is 32.2. The zero-order valence-electron chi connectivity index (χ0n) is 12.0. The van der Waals surface area contributed by atoms with Crippen molar-refractivity contribution in [3.63, 3.8) is 0 Å². The average molecular weight is 305 g/mol.